The summed E-state index contributed by atoms with van der Waals surface area (Å²) in [6.45, 7) is 4.33. The Hall–Kier alpha value is -3.67. The quantitative estimate of drug-likeness (QED) is 0.489. The minimum atomic E-state index is -0.0564. The van der Waals surface area contributed by atoms with E-state index in [0.29, 0.717) is 6.54 Å². The standard InChI is InChI=1S/C22H19N5O/c1-15-12-20(28)26(14-17-13-25-11-7-6-10-19(25)23-17)22-21(15)16(2)24-27(22)18-8-4-3-5-9-18/h3-13H,14H2,1-2H3. The van der Waals surface area contributed by atoms with Gasteiger partial charge in [-0.2, -0.15) is 5.10 Å². The fourth-order valence-corrected chi connectivity index (χ4v) is 3.79. The van der Waals surface area contributed by atoms with Crippen molar-refractivity contribution >= 4 is 16.7 Å². The van der Waals surface area contributed by atoms with Gasteiger partial charge in [-0.15, -0.1) is 0 Å². The van der Waals surface area contributed by atoms with Gasteiger partial charge in [-0.3, -0.25) is 9.36 Å². The lowest BCUT2D eigenvalue weighted by Crippen LogP contribution is -2.22. The Morgan fingerprint density at radius 1 is 1.00 bits per heavy atom. The average molecular weight is 369 g/mol. The van der Waals surface area contributed by atoms with Crippen LogP contribution in [0.15, 0.2) is 71.8 Å². The molecule has 0 atom stereocenters. The van der Waals surface area contributed by atoms with Gasteiger partial charge in [0.15, 0.2) is 0 Å². The van der Waals surface area contributed by atoms with Crippen LogP contribution in [0, 0.1) is 13.8 Å². The monoisotopic (exact) mass is 369 g/mol. The van der Waals surface area contributed by atoms with Crippen LogP contribution in [0.4, 0.5) is 0 Å². The first-order chi connectivity index (χ1) is 13.6. The fourth-order valence-electron chi connectivity index (χ4n) is 3.79. The Labute approximate surface area is 161 Å². The molecule has 0 aliphatic heterocycles. The molecular weight excluding hydrogens is 350 g/mol. The van der Waals surface area contributed by atoms with Crippen LogP contribution in [0.2, 0.25) is 0 Å². The maximum atomic E-state index is 13.0. The van der Waals surface area contributed by atoms with E-state index in [2.05, 4.69) is 4.98 Å². The summed E-state index contributed by atoms with van der Waals surface area (Å²) in [5.74, 6) is 0. The Morgan fingerprint density at radius 2 is 1.79 bits per heavy atom. The summed E-state index contributed by atoms with van der Waals surface area (Å²) in [4.78, 5) is 17.6. The van der Waals surface area contributed by atoms with Crippen molar-refractivity contribution in [2.75, 3.05) is 0 Å². The van der Waals surface area contributed by atoms with Crippen LogP contribution >= 0.6 is 0 Å². The molecule has 0 amide bonds. The largest absolute Gasteiger partial charge is 0.307 e. The predicted octanol–water partition coefficient (Wildman–Crippen LogP) is 3.50. The third-order valence-electron chi connectivity index (χ3n) is 5.03. The van der Waals surface area contributed by atoms with E-state index in [1.807, 2.05) is 83.9 Å². The molecule has 0 saturated heterocycles. The molecule has 0 radical (unpaired) electrons. The molecular formula is C22H19N5O. The maximum absolute atomic E-state index is 13.0. The molecule has 6 heteroatoms. The summed E-state index contributed by atoms with van der Waals surface area (Å²) < 4.78 is 5.58. The van der Waals surface area contributed by atoms with E-state index in [4.69, 9.17) is 5.10 Å². The number of aryl methyl sites for hydroxylation is 2. The molecule has 0 unspecified atom stereocenters. The lowest BCUT2D eigenvalue weighted by molar-refractivity contribution is 0.738. The van der Waals surface area contributed by atoms with Crippen molar-refractivity contribution in [3.05, 3.63) is 94.3 Å². The smallest absolute Gasteiger partial charge is 0.252 e. The highest BCUT2D eigenvalue weighted by molar-refractivity contribution is 5.83. The Bertz CT molecular complexity index is 1340. The molecule has 0 fully saturated rings. The first-order valence-electron chi connectivity index (χ1n) is 9.19. The number of hydrogen-bond acceptors (Lipinski definition) is 3. The zero-order chi connectivity index (χ0) is 19.3. The van der Waals surface area contributed by atoms with Crippen LogP contribution in [-0.4, -0.2) is 23.7 Å². The third-order valence-corrected chi connectivity index (χ3v) is 5.03. The van der Waals surface area contributed by atoms with Gasteiger partial charge in [0.25, 0.3) is 5.56 Å². The normalized spacial score (nSPS) is 11.5. The van der Waals surface area contributed by atoms with Gasteiger partial charge in [-0.05, 0) is 43.7 Å². The van der Waals surface area contributed by atoms with Gasteiger partial charge in [-0.25, -0.2) is 9.67 Å². The number of rotatable bonds is 3. The summed E-state index contributed by atoms with van der Waals surface area (Å²) in [6, 6.07) is 17.5. The fraction of sp³-hybridized carbons (Fsp3) is 0.136. The molecule has 0 aliphatic rings. The number of benzene rings is 1. The van der Waals surface area contributed by atoms with Crippen LogP contribution in [0.3, 0.4) is 0 Å². The molecule has 5 aromatic rings. The van der Waals surface area contributed by atoms with E-state index in [-0.39, 0.29) is 5.56 Å². The number of pyridine rings is 2. The number of nitrogens with zero attached hydrogens (tertiary/aromatic N) is 5. The molecule has 4 aromatic heterocycles. The zero-order valence-electron chi connectivity index (χ0n) is 15.7. The molecule has 0 saturated carbocycles. The number of hydrogen-bond donors (Lipinski definition) is 0. The molecule has 4 heterocycles. The maximum Gasteiger partial charge on any atom is 0.252 e. The van der Waals surface area contributed by atoms with Crippen LogP contribution in [-0.2, 0) is 6.54 Å². The lowest BCUT2D eigenvalue weighted by Gasteiger charge is -2.11. The molecule has 0 bridgehead atoms. The minimum Gasteiger partial charge on any atom is -0.307 e. The molecule has 5 rings (SSSR count). The van der Waals surface area contributed by atoms with Gasteiger partial charge in [0.05, 0.1) is 23.6 Å². The Balaban J connectivity index is 1.77. The van der Waals surface area contributed by atoms with Gasteiger partial charge >= 0.3 is 0 Å². The van der Waals surface area contributed by atoms with Gasteiger partial charge in [-0.1, -0.05) is 24.3 Å². The van der Waals surface area contributed by atoms with Crippen LogP contribution in [0.1, 0.15) is 17.0 Å². The SMILES string of the molecule is Cc1cc(=O)n(Cc2cn3ccccc3n2)c2c1c(C)nn2-c1ccccc1. The second-order valence-electron chi connectivity index (χ2n) is 6.98. The molecule has 138 valence electrons. The third kappa shape index (κ3) is 2.53. The van der Waals surface area contributed by atoms with Crippen molar-refractivity contribution in [1.29, 1.82) is 0 Å². The second kappa shape index (κ2) is 6.20. The van der Waals surface area contributed by atoms with Gasteiger partial charge < -0.3 is 4.40 Å². The van der Waals surface area contributed by atoms with Crippen molar-refractivity contribution < 1.29 is 0 Å². The van der Waals surface area contributed by atoms with E-state index < -0.39 is 0 Å². The van der Waals surface area contributed by atoms with Gasteiger partial charge in [0, 0.05) is 23.8 Å². The van der Waals surface area contributed by atoms with Crippen molar-refractivity contribution in [3.63, 3.8) is 0 Å². The first-order valence-corrected chi connectivity index (χ1v) is 9.19. The number of imidazole rings is 1. The van der Waals surface area contributed by atoms with E-state index >= 15 is 0 Å². The Kier molecular flexibility index (Phi) is 3.65. The molecule has 0 aliphatic carbocycles. The average Bonchev–Trinajstić information content (AvgIpc) is 3.26. The summed E-state index contributed by atoms with van der Waals surface area (Å²) in [7, 11) is 0. The van der Waals surface area contributed by atoms with Crippen LogP contribution in [0.25, 0.3) is 22.4 Å². The summed E-state index contributed by atoms with van der Waals surface area (Å²) >= 11 is 0. The van der Waals surface area contributed by atoms with Gasteiger partial charge in [0.1, 0.15) is 11.3 Å². The zero-order valence-corrected chi connectivity index (χ0v) is 15.7. The first kappa shape index (κ1) is 16.5. The lowest BCUT2D eigenvalue weighted by atomic mass is 10.1. The minimum absolute atomic E-state index is 0.0564. The predicted molar refractivity (Wildman–Crippen MR) is 109 cm³/mol. The number of fused-ring (bicyclic) bond motifs is 2. The topological polar surface area (TPSA) is 57.1 Å². The summed E-state index contributed by atoms with van der Waals surface area (Å²) in [6.07, 6.45) is 3.92. The Morgan fingerprint density at radius 3 is 2.57 bits per heavy atom. The molecule has 6 nitrogen and oxygen atoms in total. The van der Waals surface area contributed by atoms with E-state index in [9.17, 15) is 4.79 Å². The van der Waals surface area contributed by atoms with Crippen LogP contribution in [0.5, 0.6) is 0 Å². The number of para-hydroxylation sites is 1. The van der Waals surface area contributed by atoms with Gasteiger partial charge in [0.2, 0.25) is 0 Å². The highest BCUT2D eigenvalue weighted by atomic mass is 16.1. The van der Waals surface area contributed by atoms with E-state index in [0.717, 1.165) is 39.3 Å². The molecule has 0 N–H and O–H groups in total. The van der Waals surface area contributed by atoms with E-state index in [1.165, 1.54) is 0 Å². The molecule has 28 heavy (non-hydrogen) atoms. The van der Waals surface area contributed by atoms with Crippen molar-refractivity contribution in [2.24, 2.45) is 0 Å². The summed E-state index contributed by atoms with van der Waals surface area (Å²) in [5, 5.41) is 5.74. The van der Waals surface area contributed by atoms with E-state index in [1.54, 1.807) is 10.6 Å². The number of aromatic nitrogens is 5. The molecule has 0 spiro atoms. The highest BCUT2D eigenvalue weighted by Crippen LogP contribution is 2.24. The van der Waals surface area contributed by atoms with Crippen molar-refractivity contribution in [1.82, 2.24) is 23.7 Å². The molecule has 1 aromatic carbocycles. The summed E-state index contributed by atoms with van der Waals surface area (Å²) in [5.41, 5.74) is 5.20. The van der Waals surface area contributed by atoms with Crippen molar-refractivity contribution in [3.8, 4) is 5.69 Å². The second-order valence-corrected chi connectivity index (χ2v) is 6.98. The highest BCUT2D eigenvalue weighted by Gasteiger charge is 2.17. The van der Waals surface area contributed by atoms with Crippen molar-refractivity contribution in [2.45, 2.75) is 20.4 Å². The van der Waals surface area contributed by atoms with Crippen LogP contribution < -0.4 is 5.56 Å².